The first-order valence-electron chi connectivity index (χ1n) is 5.71. The number of carboxylic acid groups (broad SMARTS) is 1. The van der Waals surface area contributed by atoms with Gasteiger partial charge in [-0.05, 0) is 18.2 Å². The lowest BCUT2D eigenvalue weighted by Crippen LogP contribution is -2.00. The molecule has 0 spiro atoms. The molecule has 0 radical (unpaired) electrons. The van der Waals surface area contributed by atoms with Gasteiger partial charge in [0.2, 0.25) is 0 Å². The highest BCUT2D eigenvalue weighted by atomic mass is 19.1. The van der Waals surface area contributed by atoms with Crippen LogP contribution in [0.5, 0.6) is 5.75 Å². The van der Waals surface area contributed by atoms with Crippen LogP contribution < -0.4 is 4.74 Å². The lowest BCUT2D eigenvalue weighted by atomic mass is 10.1. The summed E-state index contributed by atoms with van der Waals surface area (Å²) >= 11 is 0. The standard InChI is InChI=1S/C13H13FN2O4/c1-19-6-8-9(14)4-3-7(12(8)20-2)10-5-11(13(17)18)16-15-10/h3-5H,6H2,1-2H3,(H,15,16)(H,17,18). The van der Waals surface area contributed by atoms with Crippen molar-refractivity contribution in [1.29, 1.82) is 0 Å². The quantitative estimate of drug-likeness (QED) is 0.875. The highest BCUT2D eigenvalue weighted by Crippen LogP contribution is 2.34. The third-order valence-electron chi connectivity index (χ3n) is 2.78. The fourth-order valence-electron chi connectivity index (χ4n) is 1.89. The molecule has 2 N–H and O–H groups in total. The van der Waals surface area contributed by atoms with Crippen LogP contribution >= 0.6 is 0 Å². The van der Waals surface area contributed by atoms with Crippen molar-refractivity contribution in [2.24, 2.45) is 0 Å². The highest BCUT2D eigenvalue weighted by Gasteiger charge is 2.18. The van der Waals surface area contributed by atoms with Crippen molar-refractivity contribution < 1.29 is 23.8 Å². The summed E-state index contributed by atoms with van der Waals surface area (Å²) in [5, 5.41) is 15.2. The lowest BCUT2D eigenvalue weighted by molar-refractivity contribution is 0.0690. The Balaban J connectivity index is 2.55. The molecule has 2 rings (SSSR count). The van der Waals surface area contributed by atoms with E-state index in [1.807, 2.05) is 0 Å². The van der Waals surface area contributed by atoms with E-state index in [1.54, 1.807) is 0 Å². The van der Waals surface area contributed by atoms with Crippen LogP contribution in [-0.2, 0) is 11.3 Å². The summed E-state index contributed by atoms with van der Waals surface area (Å²) in [5.74, 6) is -1.31. The number of rotatable bonds is 5. The molecule has 0 aliphatic carbocycles. The van der Waals surface area contributed by atoms with Crippen molar-refractivity contribution in [2.45, 2.75) is 6.61 Å². The molecule has 0 unspecified atom stereocenters. The molecule has 6 nitrogen and oxygen atoms in total. The molecule has 0 atom stereocenters. The van der Waals surface area contributed by atoms with E-state index in [1.165, 1.54) is 32.4 Å². The predicted molar refractivity (Wildman–Crippen MR) is 68.2 cm³/mol. The Kier molecular flexibility index (Phi) is 3.99. The number of nitrogens with one attached hydrogen (secondary N) is 1. The van der Waals surface area contributed by atoms with Crippen molar-refractivity contribution >= 4 is 5.97 Å². The molecule has 106 valence electrons. The molecule has 0 fully saturated rings. The van der Waals surface area contributed by atoms with Crippen LogP contribution in [0.1, 0.15) is 16.1 Å². The van der Waals surface area contributed by atoms with Gasteiger partial charge in [0.15, 0.2) is 0 Å². The molecule has 2 aromatic rings. The molecule has 0 saturated heterocycles. The summed E-state index contributed by atoms with van der Waals surface area (Å²) in [4.78, 5) is 10.8. The first kappa shape index (κ1) is 14.0. The zero-order valence-electron chi connectivity index (χ0n) is 10.9. The number of H-pyrrole nitrogens is 1. The summed E-state index contributed by atoms with van der Waals surface area (Å²) in [5.41, 5.74) is 1.05. The highest BCUT2D eigenvalue weighted by molar-refractivity contribution is 5.87. The molecule has 0 amide bonds. The van der Waals surface area contributed by atoms with E-state index in [0.29, 0.717) is 11.3 Å². The van der Waals surface area contributed by atoms with Gasteiger partial charge in [0.1, 0.15) is 17.3 Å². The minimum Gasteiger partial charge on any atom is -0.496 e. The monoisotopic (exact) mass is 280 g/mol. The van der Waals surface area contributed by atoms with Crippen LogP contribution in [0.25, 0.3) is 11.3 Å². The summed E-state index contributed by atoms with van der Waals surface area (Å²) in [6, 6.07) is 4.10. The number of ether oxygens (including phenoxy) is 2. The Morgan fingerprint density at radius 2 is 2.20 bits per heavy atom. The molecule has 1 aromatic heterocycles. The number of halogens is 1. The fourth-order valence-corrected chi connectivity index (χ4v) is 1.89. The van der Waals surface area contributed by atoms with Crippen molar-refractivity contribution in [2.75, 3.05) is 14.2 Å². The zero-order valence-corrected chi connectivity index (χ0v) is 10.9. The maximum absolute atomic E-state index is 13.8. The minimum atomic E-state index is -1.12. The average molecular weight is 280 g/mol. The smallest absolute Gasteiger partial charge is 0.353 e. The van der Waals surface area contributed by atoms with Gasteiger partial charge in [-0.2, -0.15) is 5.10 Å². The van der Waals surface area contributed by atoms with Gasteiger partial charge in [-0.1, -0.05) is 0 Å². The Hall–Kier alpha value is -2.41. The van der Waals surface area contributed by atoms with Gasteiger partial charge in [-0.3, -0.25) is 5.10 Å². The molecule has 0 saturated carbocycles. The van der Waals surface area contributed by atoms with Gasteiger partial charge in [0, 0.05) is 12.7 Å². The fraction of sp³-hybridized carbons (Fsp3) is 0.231. The normalized spacial score (nSPS) is 10.6. The SMILES string of the molecule is COCc1c(F)ccc(-c2cc(C(=O)O)[nH]n2)c1OC. The second kappa shape index (κ2) is 5.70. The number of carbonyl (C=O) groups is 1. The average Bonchev–Trinajstić information content (AvgIpc) is 2.90. The number of hydrogen-bond acceptors (Lipinski definition) is 4. The number of methoxy groups -OCH3 is 2. The van der Waals surface area contributed by atoms with Gasteiger partial charge in [-0.15, -0.1) is 0 Å². The van der Waals surface area contributed by atoms with Crippen molar-refractivity contribution in [1.82, 2.24) is 10.2 Å². The number of benzene rings is 1. The number of carboxylic acids is 1. The van der Waals surface area contributed by atoms with E-state index in [2.05, 4.69) is 10.2 Å². The first-order valence-corrected chi connectivity index (χ1v) is 5.71. The number of nitrogens with zero attached hydrogens (tertiary/aromatic N) is 1. The van der Waals surface area contributed by atoms with E-state index < -0.39 is 11.8 Å². The maximum atomic E-state index is 13.8. The second-order valence-corrected chi connectivity index (χ2v) is 4.01. The topological polar surface area (TPSA) is 84.4 Å². The van der Waals surface area contributed by atoms with Gasteiger partial charge in [-0.25, -0.2) is 9.18 Å². The third-order valence-corrected chi connectivity index (χ3v) is 2.78. The van der Waals surface area contributed by atoms with Gasteiger partial charge in [0.05, 0.1) is 25.0 Å². The number of aromatic amines is 1. The van der Waals surface area contributed by atoms with Gasteiger partial charge in [0.25, 0.3) is 0 Å². The summed E-state index contributed by atoms with van der Waals surface area (Å²) in [6.45, 7) is 0.0407. The van der Waals surface area contributed by atoms with Crippen molar-refractivity contribution in [3.05, 3.63) is 35.3 Å². The predicted octanol–water partition coefficient (Wildman–Crippen LogP) is 2.07. The minimum absolute atomic E-state index is 0.0407. The Bertz CT molecular complexity index is 639. The van der Waals surface area contributed by atoms with Crippen molar-refractivity contribution in [3.63, 3.8) is 0 Å². The van der Waals surface area contributed by atoms with E-state index >= 15 is 0 Å². The van der Waals surface area contributed by atoms with Gasteiger partial charge >= 0.3 is 5.97 Å². The molecule has 0 bridgehead atoms. The van der Waals surface area contributed by atoms with Crippen LogP contribution in [-0.4, -0.2) is 35.5 Å². The van der Waals surface area contributed by atoms with Crippen LogP contribution in [0.3, 0.4) is 0 Å². The number of aromatic carboxylic acids is 1. The molecule has 0 aliphatic heterocycles. The Labute approximate surface area is 114 Å². The van der Waals surface area contributed by atoms with E-state index in [9.17, 15) is 9.18 Å². The van der Waals surface area contributed by atoms with Crippen LogP contribution in [0.4, 0.5) is 4.39 Å². The van der Waals surface area contributed by atoms with E-state index in [-0.39, 0.29) is 23.6 Å². The Morgan fingerprint density at radius 3 is 2.75 bits per heavy atom. The number of aromatic nitrogens is 2. The molecule has 0 aliphatic rings. The maximum Gasteiger partial charge on any atom is 0.353 e. The molecule has 20 heavy (non-hydrogen) atoms. The molecular formula is C13H13FN2O4. The Morgan fingerprint density at radius 1 is 1.45 bits per heavy atom. The van der Waals surface area contributed by atoms with Crippen LogP contribution in [0.15, 0.2) is 18.2 Å². The van der Waals surface area contributed by atoms with Crippen LogP contribution in [0.2, 0.25) is 0 Å². The number of hydrogen-bond donors (Lipinski definition) is 2. The van der Waals surface area contributed by atoms with Crippen LogP contribution in [0, 0.1) is 5.82 Å². The molecule has 1 heterocycles. The van der Waals surface area contributed by atoms with Gasteiger partial charge < -0.3 is 14.6 Å². The summed E-state index contributed by atoms with van der Waals surface area (Å²) in [7, 11) is 2.85. The zero-order chi connectivity index (χ0) is 14.7. The van der Waals surface area contributed by atoms with Crippen molar-refractivity contribution in [3.8, 4) is 17.0 Å². The molecular weight excluding hydrogens is 267 g/mol. The second-order valence-electron chi connectivity index (χ2n) is 4.01. The summed E-state index contributed by atoms with van der Waals surface area (Å²) in [6.07, 6.45) is 0. The first-order chi connectivity index (χ1) is 9.58. The molecule has 7 heteroatoms. The van der Waals surface area contributed by atoms with E-state index in [0.717, 1.165) is 0 Å². The van der Waals surface area contributed by atoms with E-state index in [4.69, 9.17) is 14.6 Å². The lowest BCUT2D eigenvalue weighted by Gasteiger charge is -2.12. The molecule has 1 aromatic carbocycles. The summed E-state index contributed by atoms with van der Waals surface area (Å²) < 4.78 is 23.9. The third kappa shape index (κ3) is 2.48. The largest absolute Gasteiger partial charge is 0.496 e.